The number of ether oxygens (including phenoxy) is 3. The first-order valence-corrected chi connectivity index (χ1v) is 11.2. The molecule has 0 heterocycles. The lowest BCUT2D eigenvalue weighted by Crippen LogP contribution is -2.65. The largest absolute Gasteiger partial charge is 0.387 e. The van der Waals surface area contributed by atoms with Gasteiger partial charge in [-0.2, -0.15) is 0 Å². The third-order valence-electron chi connectivity index (χ3n) is 5.41. The number of rotatable bonds is 6. The molecule has 0 amide bonds. The number of aliphatic hydroxyl groups excluding tert-OH is 9. The second-order valence-electron chi connectivity index (χ2n) is 9.36. The van der Waals surface area contributed by atoms with Gasteiger partial charge in [0.15, 0.2) is 0 Å². The van der Waals surface area contributed by atoms with E-state index < -0.39 is 73.2 Å². The third-order valence-corrected chi connectivity index (χ3v) is 5.41. The number of hydrogen-bond acceptors (Lipinski definition) is 12. The molecule has 0 spiro atoms. The van der Waals surface area contributed by atoms with Gasteiger partial charge >= 0.3 is 0 Å². The first-order chi connectivity index (χ1) is 15.1. The van der Waals surface area contributed by atoms with E-state index >= 15 is 0 Å². The van der Waals surface area contributed by atoms with Gasteiger partial charge < -0.3 is 60.2 Å². The van der Waals surface area contributed by atoms with Crippen molar-refractivity contribution in [2.24, 2.45) is 0 Å². The summed E-state index contributed by atoms with van der Waals surface area (Å²) in [6, 6.07) is 0. The average molecular weight is 487 g/mol. The van der Waals surface area contributed by atoms with E-state index in [1.807, 2.05) is 0 Å². The van der Waals surface area contributed by atoms with Crippen LogP contribution in [0.4, 0.5) is 0 Å². The summed E-state index contributed by atoms with van der Waals surface area (Å²) < 4.78 is 16.0. The van der Waals surface area contributed by atoms with Gasteiger partial charge in [0.25, 0.3) is 0 Å². The van der Waals surface area contributed by atoms with Crippen LogP contribution in [0.1, 0.15) is 41.5 Å². The molecular weight excluding hydrogens is 444 g/mol. The minimum atomic E-state index is -1.57. The zero-order valence-electron chi connectivity index (χ0n) is 19.9. The van der Waals surface area contributed by atoms with Gasteiger partial charge in [-0.15, -0.1) is 0 Å². The van der Waals surface area contributed by atoms with Crippen LogP contribution in [0.15, 0.2) is 0 Å². The fourth-order valence-corrected chi connectivity index (χ4v) is 3.80. The topological polar surface area (TPSA) is 210 Å². The van der Waals surface area contributed by atoms with E-state index in [9.17, 15) is 46.0 Å². The molecule has 12 atom stereocenters. The molecule has 8 unspecified atom stereocenters. The lowest BCUT2D eigenvalue weighted by Gasteiger charge is -2.44. The van der Waals surface area contributed by atoms with Gasteiger partial charge in [-0.25, -0.2) is 0 Å². The summed E-state index contributed by atoms with van der Waals surface area (Å²) in [5.41, 5.74) is 0. The van der Waals surface area contributed by atoms with Crippen LogP contribution in [-0.2, 0) is 14.2 Å². The summed E-state index contributed by atoms with van der Waals surface area (Å²) >= 11 is 0. The molecule has 198 valence electrons. The molecule has 0 saturated heterocycles. The Balaban J connectivity index is 0.000000335. The molecule has 12 heteroatoms. The molecule has 12 nitrogen and oxygen atoms in total. The van der Waals surface area contributed by atoms with Gasteiger partial charge in [0, 0.05) is 0 Å². The minimum absolute atomic E-state index is 0.221. The van der Waals surface area contributed by atoms with Crippen LogP contribution in [0.2, 0.25) is 0 Å². The molecule has 0 radical (unpaired) electrons. The zero-order valence-corrected chi connectivity index (χ0v) is 19.9. The Morgan fingerprint density at radius 2 is 0.515 bits per heavy atom. The van der Waals surface area contributed by atoms with Crippen molar-refractivity contribution < 1.29 is 60.2 Å². The van der Waals surface area contributed by atoms with Gasteiger partial charge in [0.2, 0.25) is 0 Å². The predicted octanol–water partition coefficient (Wildman–Crippen LogP) is -3.37. The van der Waals surface area contributed by atoms with Crippen LogP contribution in [0.25, 0.3) is 0 Å². The average Bonchev–Trinajstić information content (AvgIpc) is 2.73. The van der Waals surface area contributed by atoms with Crippen LogP contribution >= 0.6 is 0 Å². The van der Waals surface area contributed by atoms with Crippen LogP contribution < -0.4 is 0 Å². The first-order valence-electron chi connectivity index (χ1n) is 11.2. The molecule has 0 aromatic rings. The van der Waals surface area contributed by atoms with Gasteiger partial charge in [0.1, 0.15) is 73.2 Å². The summed E-state index contributed by atoms with van der Waals surface area (Å²) in [6.45, 7) is 10.4. The molecule has 33 heavy (non-hydrogen) atoms. The Morgan fingerprint density at radius 1 is 0.333 bits per heavy atom. The molecule has 2 rings (SSSR count). The molecule has 0 aliphatic heterocycles. The fourth-order valence-electron chi connectivity index (χ4n) is 3.80. The van der Waals surface area contributed by atoms with Crippen molar-refractivity contribution >= 4 is 0 Å². The fraction of sp³-hybridized carbons (Fsp3) is 1.00. The Hall–Kier alpha value is -0.480. The predicted molar refractivity (Wildman–Crippen MR) is 114 cm³/mol. The molecule has 2 aliphatic carbocycles. The van der Waals surface area contributed by atoms with E-state index in [0.29, 0.717) is 0 Å². The minimum Gasteiger partial charge on any atom is -0.387 e. The molecule has 9 N–H and O–H groups in total. The Morgan fingerprint density at radius 3 is 0.758 bits per heavy atom. The molecule has 0 aromatic heterocycles. The summed E-state index contributed by atoms with van der Waals surface area (Å²) in [5, 5.41) is 86.6. The molecule has 2 fully saturated rings. The highest BCUT2D eigenvalue weighted by atomic mass is 16.6. The van der Waals surface area contributed by atoms with E-state index in [1.54, 1.807) is 41.5 Å². The van der Waals surface area contributed by atoms with Gasteiger partial charge in [-0.3, -0.25) is 0 Å². The molecule has 0 bridgehead atoms. The van der Waals surface area contributed by atoms with Crippen molar-refractivity contribution in [2.45, 2.75) is 133 Å². The Bertz CT molecular complexity index is 521. The second-order valence-corrected chi connectivity index (χ2v) is 9.36. The molecular formula is C21H42O12. The number of hydrogen-bond donors (Lipinski definition) is 9. The van der Waals surface area contributed by atoms with Crippen LogP contribution in [0.5, 0.6) is 0 Å². The van der Waals surface area contributed by atoms with Crippen molar-refractivity contribution in [3.63, 3.8) is 0 Å². The first kappa shape index (κ1) is 30.6. The standard InChI is InChI=1S/C12H24O6.C9H18O6/c1-5(2)17-11-8(14)7(13)9(15)12(10(11)16)18-6(3)4;1-3(2)15-9-7(13)5(11)4(10)6(12)8(9)14/h5-16H,1-4H3;3-14H,1-2H3/t7?,8-,9?,10?,11-,12+;4?,5-,6?,7?,8?,9?/m00/s1. The second kappa shape index (κ2) is 13.0. The molecule has 2 saturated carbocycles. The maximum atomic E-state index is 10.1. The van der Waals surface area contributed by atoms with E-state index in [1.165, 1.54) is 0 Å². The maximum absolute atomic E-state index is 10.1. The summed E-state index contributed by atoms with van der Waals surface area (Å²) in [7, 11) is 0. The van der Waals surface area contributed by atoms with Crippen molar-refractivity contribution in [3.05, 3.63) is 0 Å². The van der Waals surface area contributed by atoms with E-state index in [2.05, 4.69) is 0 Å². The smallest absolute Gasteiger partial charge is 0.115 e. The lowest BCUT2D eigenvalue weighted by atomic mass is 9.84. The van der Waals surface area contributed by atoms with E-state index in [-0.39, 0.29) is 18.3 Å². The van der Waals surface area contributed by atoms with Crippen molar-refractivity contribution in [1.82, 2.24) is 0 Å². The Labute approximate surface area is 194 Å². The van der Waals surface area contributed by atoms with Crippen molar-refractivity contribution in [2.75, 3.05) is 0 Å². The monoisotopic (exact) mass is 486 g/mol. The highest BCUT2D eigenvalue weighted by Gasteiger charge is 2.51. The Kier molecular flexibility index (Phi) is 12.0. The van der Waals surface area contributed by atoms with Gasteiger partial charge in [-0.05, 0) is 41.5 Å². The SMILES string of the molecule is CC(C)OC1C(O)C(O)C(O)[C@H](O)C1O.CC(C)O[C@@H]1C(O)C(O)[C@H](O)[C@H](OC(C)C)C1O. The normalized spacial score (nSPS) is 44.2. The number of aliphatic hydroxyl groups is 9. The van der Waals surface area contributed by atoms with Crippen LogP contribution in [0.3, 0.4) is 0 Å². The third kappa shape index (κ3) is 7.75. The van der Waals surface area contributed by atoms with Crippen molar-refractivity contribution in [3.8, 4) is 0 Å². The zero-order chi connectivity index (χ0) is 25.8. The summed E-state index contributed by atoms with van der Waals surface area (Å²) in [6.07, 6.45) is -16.5. The highest BCUT2D eigenvalue weighted by molar-refractivity contribution is 5.01. The van der Waals surface area contributed by atoms with Crippen molar-refractivity contribution in [1.29, 1.82) is 0 Å². The lowest BCUT2D eigenvalue weighted by molar-refractivity contribution is -0.257. The van der Waals surface area contributed by atoms with E-state index in [4.69, 9.17) is 14.2 Å². The van der Waals surface area contributed by atoms with Gasteiger partial charge in [0.05, 0.1) is 18.3 Å². The highest BCUT2D eigenvalue weighted by Crippen LogP contribution is 2.28. The summed E-state index contributed by atoms with van der Waals surface area (Å²) in [4.78, 5) is 0. The molecule has 0 aromatic carbocycles. The molecule has 2 aliphatic rings. The maximum Gasteiger partial charge on any atom is 0.115 e. The van der Waals surface area contributed by atoms with Crippen LogP contribution in [-0.4, -0.2) is 138 Å². The van der Waals surface area contributed by atoms with Crippen LogP contribution in [0, 0.1) is 0 Å². The summed E-state index contributed by atoms with van der Waals surface area (Å²) in [5.74, 6) is 0. The van der Waals surface area contributed by atoms with E-state index in [0.717, 1.165) is 0 Å². The van der Waals surface area contributed by atoms with Gasteiger partial charge in [-0.1, -0.05) is 0 Å². The quantitative estimate of drug-likeness (QED) is 0.180.